The Morgan fingerprint density at radius 3 is 3.06 bits per heavy atom. The lowest BCUT2D eigenvalue weighted by Gasteiger charge is -2.30. The van der Waals surface area contributed by atoms with Crippen LogP contribution in [0.2, 0.25) is 0 Å². The van der Waals surface area contributed by atoms with Crippen molar-refractivity contribution in [1.82, 2.24) is 10.6 Å². The number of nitrogens with one attached hydrogen (secondary N) is 2. The van der Waals surface area contributed by atoms with Gasteiger partial charge in [-0.25, -0.2) is 0 Å². The fraction of sp³-hybridized carbons (Fsp3) is 0.929. The number of hydrogen-bond acceptors (Lipinski definition) is 3. The number of piperidine rings is 1. The highest BCUT2D eigenvalue weighted by atomic mass is 16.5. The molecule has 0 aromatic carbocycles. The summed E-state index contributed by atoms with van der Waals surface area (Å²) >= 11 is 0. The van der Waals surface area contributed by atoms with Crippen LogP contribution in [0.15, 0.2) is 0 Å². The van der Waals surface area contributed by atoms with Crippen molar-refractivity contribution >= 4 is 5.91 Å². The van der Waals surface area contributed by atoms with E-state index < -0.39 is 0 Å². The zero-order valence-electron chi connectivity index (χ0n) is 11.4. The van der Waals surface area contributed by atoms with E-state index in [0.717, 1.165) is 39.1 Å². The molecule has 2 saturated heterocycles. The summed E-state index contributed by atoms with van der Waals surface area (Å²) in [6.07, 6.45) is 5.27. The predicted molar refractivity (Wildman–Crippen MR) is 71.4 cm³/mol. The van der Waals surface area contributed by atoms with E-state index >= 15 is 0 Å². The van der Waals surface area contributed by atoms with E-state index in [0.29, 0.717) is 24.3 Å². The maximum Gasteiger partial charge on any atom is 0.220 e. The summed E-state index contributed by atoms with van der Waals surface area (Å²) in [5.41, 5.74) is 0. The average molecular weight is 254 g/mol. The Hall–Kier alpha value is -0.610. The molecule has 18 heavy (non-hydrogen) atoms. The highest BCUT2D eigenvalue weighted by molar-refractivity contribution is 5.75. The van der Waals surface area contributed by atoms with E-state index in [4.69, 9.17) is 4.74 Å². The molecule has 104 valence electrons. The van der Waals surface area contributed by atoms with Gasteiger partial charge >= 0.3 is 0 Å². The Morgan fingerprint density at radius 1 is 1.44 bits per heavy atom. The van der Waals surface area contributed by atoms with Gasteiger partial charge in [0.2, 0.25) is 5.91 Å². The smallest absolute Gasteiger partial charge is 0.220 e. The molecule has 4 heteroatoms. The Morgan fingerprint density at radius 2 is 2.33 bits per heavy atom. The van der Waals surface area contributed by atoms with Crippen molar-refractivity contribution in [3.8, 4) is 0 Å². The summed E-state index contributed by atoms with van der Waals surface area (Å²) in [4.78, 5) is 11.8. The second-order valence-corrected chi connectivity index (χ2v) is 5.75. The minimum atomic E-state index is 0.196. The average Bonchev–Trinajstić information content (AvgIpc) is 2.88. The Labute approximate surface area is 110 Å². The SMILES string of the molecule is C[C@@H]1CCCN[C@@H]1CNC(=O)CC[C@@H]1CCOC1. The third-order valence-electron chi connectivity index (χ3n) is 4.25. The predicted octanol–water partition coefficient (Wildman–Crippen LogP) is 1.31. The van der Waals surface area contributed by atoms with Crippen LogP contribution in [0.1, 0.15) is 39.0 Å². The molecular formula is C14H26N2O2. The summed E-state index contributed by atoms with van der Waals surface area (Å²) in [6, 6.07) is 0.456. The molecule has 2 aliphatic heterocycles. The molecule has 0 bridgehead atoms. The molecule has 2 rings (SSSR count). The van der Waals surface area contributed by atoms with Crippen LogP contribution < -0.4 is 10.6 Å². The molecule has 0 aliphatic carbocycles. The largest absolute Gasteiger partial charge is 0.381 e. The normalized spacial score (nSPS) is 32.4. The van der Waals surface area contributed by atoms with Crippen molar-refractivity contribution in [2.45, 2.75) is 45.1 Å². The summed E-state index contributed by atoms with van der Waals surface area (Å²) in [5.74, 6) is 1.46. The monoisotopic (exact) mass is 254 g/mol. The van der Waals surface area contributed by atoms with E-state index in [9.17, 15) is 4.79 Å². The van der Waals surface area contributed by atoms with E-state index in [-0.39, 0.29) is 5.91 Å². The van der Waals surface area contributed by atoms with Crippen molar-refractivity contribution in [2.24, 2.45) is 11.8 Å². The van der Waals surface area contributed by atoms with Crippen molar-refractivity contribution < 1.29 is 9.53 Å². The van der Waals surface area contributed by atoms with Gasteiger partial charge in [0, 0.05) is 32.2 Å². The van der Waals surface area contributed by atoms with Crippen LogP contribution in [0.4, 0.5) is 0 Å². The number of rotatable bonds is 5. The molecule has 4 nitrogen and oxygen atoms in total. The first-order valence-corrected chi connectivity index (χ1v) is 7.33. The molecule has 2 heterocycles. The molecular weight excluding hydrogens is 228 g/mol. The fourth-order valence-corrected chi connectivity index (χ4v) is 2.85. The molecule has 2 fully saturated rings. The van der Waals surface area contributed by atoms with Crippen LogP contribution in [-0.4, -0.2) is 38.3 Å². The lowest BCUT2D eigenvalue weighted by Crippen LogP contribution is -2.47. The van der Waals surface area contributed by atoms with Gasteiger partial charge in [-0.3, -0.25) is 4.79 Å². The molecule has 0 aromatic heterocycles. The minimum absolute atomic E-state index is 0.196. The number of ether oxygens (including phenoxy) is 1. The maximum absolute atomic E-state index is 11.8. The first-order valence-electron chi connectivity index (χ1n) is 7.33. The first kappa shape index (κ1) is 13.8. The molecule has 3 atom stereocenters. The van der Waals surface area contributed by atoms with Crippen LogP contribution in [0.25, 0.3) is 0 Å². The molecule has 1 amide bonds. The molecule has 2 aliphatic rings. The zero-order chi connectivity index (χ0) is 12.8. The summed E-state index contributed by atoms with van der Waals surface area (Å²) < 4.78 is 5.32. The highest BCUT2D eigenvalue weighted by Crippen LogP contribution is 2.18. The van der Waals surface area contributed by atoms with E-state index in [1.54, 1.807) is 0 Å². The van der Waals surface area contributed by atoms with Crippen LogP contribution in [-0.2, 0) is 9.53 Å². The van der Waals surface area contributed by atoms with Crippen molar-refractivity contribution in [3.63, 3.8) is 0 Å². The van der Waals surface area contributed by atoms with Crippen LogP contribution in [0.3, 0.4) is 0 Å². The van der Waals surface area contributed by atoms with Crippen molar-refractivity contribution in [2.75, 3.05) is 26.3 Å². The van der Waals surface area contributed by atoms with Gasteiger partial charge < -0.3 is 15.4 Å². The maximum atomic E-state index is 11.8. The Balaban J connectivity index is 1.58. The van der Waals surface area contributed by atoms with Gasteiger partial charge in [-0.1, -0.05) is 6.92 Å². The molecule has 0 spiro atoms. The molecule has 0 radical (unpaired) electrons. The van der Waals surface area contributed by atoms with Crippen molar-refractivity contribution in [1.29, 1.82) is 0 Å². The number of amides is 1. The van der Waals surface area contributed by atoms with Gasteiger partial charge in [0.05, 0.1) is 0 Å². The first-order chi connectivity index (χ1) is 8.75. The Kier molecular flexibility index (Phi) is 5.45. The summed E-state index contributed by atoms with van der Waals surface area (Å²) in [6.45, 7) is 5.84. The molecule has 0 aromatic rings. The van der Waals surface area contributed by atoms with Gasteiger partial charge in [0.25, 0.3) is 0 Å². The highest BCUT2D eigenvalue weighted by Gasteiger charge is 2.21. The second-order valence-electron chi connectivity index (χ2n) is 5.75. The van der Waals surface area contributed by atoms with Crippen LogP contribution in [0.5, 0.6) is 0 Å². The van der Waals surface area contributed by atoms with Gasteiger partial charge in [-0.05, 0) is 44.1 Å². The lowest BCUT2D eigenvalue weighted by atomic mass is 9.93. The van der Waals surface area contributed by atoms with Crippen molar-refractivity contribution in [3.05, 3.63) is 0 Å². The minimum Gasteiger partial charge on any atom is -0.381 e. The third kappa shape index (κ3) is 4.25. The lowest BCUT2D eigenvalue weighted by molar-refractivity contribution is -0.121. The van der Waals surface area contributed by atoms with Gasteiger partial charge in [-0.15, -0.1) is 0 Å². The summed E-state index contributed by atoms with van der Waals surface area (Å²) in [5, 5.41) is 6.55. The van der Waals surface area contributed by atoms with E-state index in [1.165, 1.54) is 12.8 Å². The van der Waals surface area contributed by atoms with E-state index in [1.807, 2.05) is 0 Å². The number of hydrogen-bond donors (Lipinski definition) is 2. The molecule has 2 N–H and O–H groups in total. The zero-order valence-corrected chi connectivity index (χ0v) is 11.4. The Bertz CT molecular complexity index is 265. The van der Waals surface area contributed by atoms with Gasteiger partial charge in [0.15, 0.2) is 0 Å². The van der Waals surface area contributed by atoms with Gasteiger partial charge in [-0.2, -0.15) is 0 Å². The molecule has 0 saturated carbocycles. The standard InChI is InChI=1S/C14H26N2O2/c1-11-3-2-7-15-13(11)9-16-14(17)5-4-12-6-8-18-10-12/h11-13,15H,2-10H2,1H3,(H,16,17)/t11-,12-,13-/m1/s1. The quantitative estimate of drug-likeness (QED) is 0.777. The van der Waals surface area contributed by atoms with Gasteiger partial charge in [0.1, 0.15) is 0 Å². The van der Waals surface area contributed by atoms with Crippen LogP contribution in [0, 0.1) is 11.8 Å². The molecule has 0 unspecified atom stereocenters. The summed E-state index contributed by atoms with van der Waals surface area (Å²) in [7, 11) is 0. The number of carbonyl (C=O) groups is 1. The topological polar surface area (TPSA) is 50.4 Å². The van der Waals surface area contributed by atoms with Crippen LogP contribution >= 0.6 is 0 Å². The fourth-order valence-electron chi connectivity index (χ4n) is 2.85. The second kappa shape index (κ2) is 7.10. The third-order valence-corrected chi connectivity index (χ3v) is 4.25. The van der Waals surface area contributed by atoms with E-state index in [2.05, 4.69) is 17.6 Å². The number of carbonyl (C=O) groups excluding carboxylic acids is 1.